The van der Waals surface area contributed by atoms with Crippen LogP contribution in [0.2, 0.25) is 0 Å². The number of piperazine rings is 1. The van der Waals surface area contributed by atoms with E-state index in [4.69, 9.17) is 14.7 Å². The number of methoxy groups -OCH3 is 1. The Morgan fingerprint density at radius 3 is 2.43 bits per heavy atom. The number of fused-ring (bicyclic) bond motifs is 5. The van der Waals surface area contributed by atoms with Crippen LogP contribution in [0.4, 0.5) is 17.3 Å². The van der Waals surface area contributed by atoms with E-state index in [9.17, 15) is 4.79 Å². The Labute approximate surface area is 242 Å². The van der Waals surface area contributed by atoms with Crippen molar-refractivity contribution in [2.24, 2.45) is 0 Å². The van der Waals surface area contributed by atoms with Gasteiger partial charge < -0.3 is 19.9 Å². The van der Waals surface area contributed by atoms with Gasteiger partial charge in [-0.25, -0.2) is 14.5 Å². The predicted molar refractivity (Wildman–Crippen MR) is 167 cm³/mol. The second-order valence-electron chi connectivity index (χ2n) is 10.8. The fraction of sp³-hybridized carbons (Fsp3) is 0.250. The molecule has 0 saturated carbocycles. The summed E-state index contributed by atoms with van der Waals surface area (Å²) in [5.74, 6) is 1.67. The number of benzene rings is 3. The lowest BCUT2D eigenvalue weighted by molar-refractivity contribution is 0.311. The molecule has 0 atom stereocenters. The number of ether oxygens (including phenoxy) is 1. The van der Waals surface area contributed by atoms with Crippen molar-refractivity contribution in [1.29, 1.82) is 0 Å². The van der Waals surface area contributed by atoms with Crippen LogP contribution in [0.1, 0.15) is 11.1 Å². The molecule has 0 spiro atoms. The highest BCUT2D eigenvalue weighted by atomic mass is 16.5. The maximum Gasteiger partial charge on any atom is 0.270 e. The molecule has 1 aliphatic rings. The van der Waals surface area contributed by atoms with Gasteiger partial charge in [-0.15, -0.1) is 0 Å². The van der Waals surface area contributed by atoms with Crippen molar-refractivity contribution < 1.29 is 4.74 Å². The molecule has 1 aliphatic heterocycles. The van der Waals surface area contributed by atoms with Crippen molar-refractivity contribution in [3.05, 3.63) is 88.3 Å². The number of nitrogens with zero attached hydrogens (tertiary/aromatic N) is 7. The Morgan fingerprint density at radius 1 is 0.905 bits per heavy atom. The van der Waals surface area contributed by atoms with E-state index in [0.29, 0.717) is 22.8 Å². The minimum absolute atomic E-state index is 0.213. The Bertz CT molecular complexity index is 2020. The van der Waals surface area contributed by atoms with Gasteiger partial charge in [0, 0.05) is 44.1 Å². The van der Waals surface area contributed by atoms with Crippen LogP contribution in [0.5, 0.6) is 5.75 Å². The molecule has 1 saturated heterocycles. The average molecular weight is 561 g/mol. The van der Waals surface area contributed by atoms with Gasteiger partial charge in [0.1, 0.15) is 11.1 Å². The third kappa shape index (κ3) is 4.22. The van der Waals surface area contributed by atoms with Gasteiger partial charge in [-0.05, 0) is 56.3 Å². The second-order valence-corrected chi connectivity index (χ2v) is 10.8. The van der Waals surface area contributed by atoms with Gasteiger partial charge in [0.05, 0.1) is 29.5 Å². The molecule has 0 radical (unpaired) electrons. The first-order chi connectivity index (χ1) is 20.4. The summed E-state index contributed by atoms with van der Waals surface area (Å²) in [7, 11) is 3.83. The number of hydrogen-bond donors (Lipinski definition) is 1. The number of rotatable bonds is 5. The van der Waals surface area contributed by atoms with E-state index in [0.717, 1.165) is 71.2 Å². The van der Waals surface area contributed by atoms with Crippen LogP contribution in [0.3, 0.4) is 0 Å². The monoisotopic (exact) mass is 560 g/mol. The van der Waals surface area contributed by atoms with E-state index in [1.54, 1.807) is 17.9 Å². The third-order valence-corrected chi connectivity index (χ3v) is 8.10. The summed E-state index contributed by atoms with van der Waals surface area (Å²) in [4.78, 5) is 33.1. The number of aromatic nitrogens is 5. The Morgan fingerprint density at radius 2 is 1.67 bits per heavy atom. The Balaban J connectivity index is 1.37. The summed E-state index contributed by atoms with van der Waals surface area (Å²) in [5, 5.41) is 3.73. The van der Waals surface area contributed by atoms with Gasteiger partial charge in [0.25, 0.3) is 5.56 Å². The van der Waals surface area contributed by atoms with Crippen molar-refractivity contribution in [3.8, 4) is 11.4 Å². The molecule has 10 heteroatoms. The van der Waals surface area contributed by atoms with Crippen LogP contribution in [0.25, 0.3) is 33.5 Å². The molecule has 0 aliphatic carbocycles. The molecule has 0 amide bonds. The van der Waals surface area contributed by atoms with Gasteiger partial charge >= 0.3 is 0 Å². The van der Waals surface area contributed by atoms with Crippen molar-refractivity contribution in [2.45, 2.75) is 13.8 Å². The van der Waals surface area contributed by atoms with E-state index in [1.807, 2.05) is 72.8 Å². The molecule has 3 aromatic carbocycles. The summed E-state index contributed by atoms with van der Waals surface area (Å²) in [6, 6.07) is 19.9. The predicted octanol–water partition coefficient (Wildman–Crippen LogP) is 4.70. The number of imidazole rings is 1. The van der Waals surface area contributed by atoms with Crippen LogP contribution in [0.15, 0.2) is 71.7 Å². The second kappa shape index (κ2) is 10.1. The van der Waals surface area contributed by atoms with Gasteiger partial charge in [0.2, 0.25) is 11.7 Å². The molecule has 0 bridgehead atoms. The molecular formula is C32H32N8O2. The van der Waals surface area contributed by atoms with Crippen molar-refractivity contribution in [3.63, 3.8) is 0 Å². The molecular weight excluding hydrogens is 528 g/mol. The third-order valence-electron chi connectivity index (χ3n) is 8.10. The molecule has 212 valence electrons. The van der Waals surface area contributed by atoms with Crippen LogP contribution in [-0.2, 0) is 0 Å². The van der Waals surface area contributed by atoms with Gasteiger partial charge in [-0.1, -0.05) is 30.3 Å². The Hall–Kier alpha value is -4.96. The molecule has 0 unspecified atom stereocenters. The first kappa shape index (κ1) is 26.0. The standard InChI is InChI=1S/C32H32N8O2/c1-20-8-7-9-21(2)28(20)40-30(41)23-19-33-31(36-29(23)39-25-11-6-5-10-24(25)35-32(39)40)34-22-12-13-26(27(18-22)42-4)38-16-14-37(3)15-17-38/h5-13,18-19H,14-17H2,1-4H3,(H,33,34,36). The number of hydrogen-bond acceptors (Lipinski definition) is 8. The normalized spacial score (nSPS) is 14.2. The first-order valence-electron chi connectivity index (χ1n) is 14.1. The highest BCUT2D eigenvalue weighted by molar-refractivity contribution is 5.88. The number of para-hydroxylation sites is 3. The molecule has 1 fully saturated rings. The molecule has 3 aromatic heterocycles. The molecule has 1 N–H and O–H groups in total. The van der Waals surface area contributed by atoms with Crippen LogP contribution < -0.4 is 20.5 Å². The fourth-order valence-corrected chi connectivity index (χ4v) is 5.89. The topological polar surface area (TPSA) is 92.8 Å². The number of nitrogens with one attached hydrogen (secondary N) is 1. The van der Waals surface area contributed by atoms with Crippen molar-refractivity contribution in [2.75, 3.05) is 50.6 Å². The van der Waals surface area contributed by atoms with E-state index >= 15 is 0 Å². The summed E-state index contributed by atoms with van der Waals surface area (Å²) < 4.78 is 9.40. The zero-order valence-electron chi connectivity index (χ0n) is 24.1. The SMILES string of the molecule is COc1cc(Nc2ncc3c(=O)n(-c4c(C)cccc4C)c4nc5ccccc5n4c3n2)ccc1N1CCN(C)CC1. The molecule has 7 rings (SSSR count). The summed E-state index contributed by atoms with van der Waals surface area (Å²) in [5.41, 5.74) is 6.56. The molecule has 42 heavy (non-hydrogen) atoms. The molecule has 4 heterocycles. The zero-order chi connectivity index (χ0) is 29.0. The maximum atomic E-state index is 14.1. The first-order valence-corrected chi connectivity index (χ1v) is 14.1. The largest absolute Gasteiger partial charge is 0.495 e. The summed E-state index contributed by atoms with van der Waals surface area (Å²) >= 11 is 0. The van der Waals surface area contributed by atoms with Gasteiger partial charge in [0.15, 0.2) is 5.65 Å². The van der Waals surface area contributed by atoms with Crippen LogP contribution >= 0.6 is 0 Å². The average Bonchev–Trinajstić information content (AvgIpc) is 3.38. The number of aryl methyl sites for hydroxylation is 2. The van der Waals surface area contributed by atoms with Crippen LogP contribution in [0, 0.1) is 13.8 Å². The van der Waals surface area contributed by atoms with E-state index in [2.05, 4.69) is 33.2 Å². The van der Waals surface area contributed by atoms with Crippen molar-refractivity contribution >= 4 is 45.2 Å². The zero-order valence-corrected chi connectivity index (χ0v) is 24.1. The van der Waals surface area contributed by atoms with E-state index in [1.165, 1.54) is 0 Å². The van der Waals surface area contributed by atoms with Crippen molar-refractivity contribution in [1.82, 2.24) is 28.8 Å². The minimum Gasteiger partial charge on any atom is -0.495 e. The smallest absolute Gasteiger partial charge is 0.270 e. The lowest BCUT2D eigenvalue weighted by atomic mass is 10.1. The van der Waals surface area contributed by atoms with E-state index < -0.39 is 0 Å². The van der Waals surface area contributed by atoms with E-state index in [-0.39, 0.29) is 5.56 Å². The van der Waals surface area contributed by atoms with Gasteiger partial charge in [-0.2, -0.15) is 4.98 Å². The van der Waals surface area contributed by atoms with Gasteiger partial charge in [-0.3, -0.25) is 9.20 Å². The lowest BCUT2D eigenvalue weighted by Gasteiger charge is -2.34. The highest BCUT2D eigenvalue weighted by Crippen LogP contribution is 2.33. The Kier molecular flexibility index (Phi) is 6.27. The number of likely N-dealkylation sites (N-methyl/N-ethyl adjacent to an activating group) is 1. The summed E-state index contributed by atoms with van der Waals surface area (Å²) in [6.07, 6.45) is 1.60. The minimum atomic E-state index is -0.213. The number of anilines is 3. The quantitative estimate of drug-likeness (QED) is 0.324. The van der Waals surface area contributed by atoms with Crippen LogP contribution in [-0.4, -0.2) is 69.2 Å². The lowest BCUT2D eigenvalue weighted by Crippen LogP contribution is -2.44. The molecule has 6 aromatic rings. The fourth-order valence-electron chi connectivity index (χ4n) is 5.89. The highest BCUT2D eigenvalue weighted by Gasteiger charge is 2.21. The maximum absolute atomic E-state index is 14.1. The molecule has 10 nitrogen and oxygen atoms in total. The summed E-state index contributed by atoms with van der Waals surface area (Å²) in [6.45, 7) is 7.92.